The number of hydrogen-bond acceptors (Lipinski definition) is 2. The number of piperidine rings is 3. The van der Waals surface area contributed by atoms with Crippen LogP contribution in [0, 0.1) is 11.8 Å². The molecule has 0 aliphatic carbocycles. The summed E-state index contributed by atoms with van der Waals surface area (Å²) in [4.78, 5) is 5.60. The van der Waals surface area contributed by atoms with E-state index in [1.807, 2.05) is 0 Å². The van der Waals surface area contributed by atoms with Gasteiger partial charge in [-0.25, -0.2) is 0 Å². The van der Waals surface area contributed by atoms with Crippen molar-refractivity contribution in [3.8, 4) is 0 Å². The Morgan fingerprint density at radius 1 is 1.12 bits per heavy atom. The normalized spacial score (nSPS) is 39.0. The van der Waals surface area contributed by atoms with Crippen LogP contribution in [0.2, 0.25) is 0 Å². The molecule has 0 aromatic heterocycles. The maximum absolute atomic E-state index is 2.83. The van der Waals surface area contributed by atoms with E-state index in [0.717, 1.165) is 17.9 Å². The molecule has 1 unspecified atom stereocenters. The van der Waals surface area contributed by atoms with Crippen LogP contribution in [0.15, 0.2) is 0 Å². The van der Waals surface area contributed by atoms with Gasteiger partial charge in [0.1, 0.15) is 0 Å². The maximum atomic E-state index is 2.83. The topological polar surface area (TPSA) is 6.48 Å². The van der Waals surface area contributed by atoms with Gasteiger partial charge in [0.2, 0.25) is 0 Å². The summed E-state index contributed by atoms with van der Waals surface area (Å²) in [6, 6.07) is 0.949. The number of likely N-dealkylation sites (tertiary alicyclic amines) is 1. The molecule has 3 atom stereocenters. The Morgan fingerprint density at radius 3 is 2.94 bits per heavy atom. The number of hydrogen-bond donors (Lipinski definition) is 0. The average molecular weight is 236 g/mol. The zero-order valence-corrected chi connectivity index (χ0v) is 11.4. The van der Waals surface area contributed by atoms with Gasteiger partial charge in [0, 0.05) is 25.7 Å². The fourth-order valence-corrected chi connectivity index (χ4v) is 4.43. The fraction of sp³-hybridized carbons (Fsp3) is 1.00. The number of nitrogens with zero attached hydrogens (tertiary/aromatic N) is 2. The van der Waals surface area contributed by atoms with Crippen LogP contribution in [0.25, 0.3) is 0 Å². The Hall–Kier alpha value is -0.0800. The minimum Gasteiger partial charge on any atom is -0.303 e. The van der Waals surface area contributed by atoms with E-state index in [2.05, 4.69) is 16.7 Å². The maximum Gasteiger partial charge on any atom is 0.0136 e. The molecule has 3 saturated heterocycles. The molecule has 3 aliphatic heterocycles. The second-order valence-electron chi connectivity index (χ2n) is 6.53. The Morgan fingerprint density at radius 2 is 2.06 bits per heavy atom. The SMILES string of the molecule is CCCCN1C[C@@H]2C[C@H](C1)C1CCCCN1C2. The van der Waals surface area contributed by atoms with Crippen LogP contribution in [0.5, 0.6) is 0 Å². The van der Waals surface area contributed by atoms with Crippen molar-refractivity contribution >= 4 is 0 Å². The van der Waals surface area contributed by atoms with Gasteiger partial charge in [0.15, 0.2) is 0 Å². The van der Waals surface area contributed by atoms with Crippen molar-refractivity contribution < 1.29 is 0 Å². The first kappa shape index (κ1) is 12.0. The van der Waals surface area contributed by atoms with Crippen molar-refractivity contribution in [2.75, 3.05) is 32.7 Å². The zero-order valence-electron chi connectivity index (χ0n) is 11.4. The molecule has 3 fully saturated rings. The Labute approximate surface area is 106 Å². The number of unbranched alkanes of at least 4 members (excludes halogenated alkanes) is 1. The van der Waals surface area contributed by atoms with Crippen LogP contribution < -0.4 is 0 Å². The molecular weight excluding hydrogens is 208 g/mol. The predicted octanol–water partition coefficient (Wildman–Crippen LogP) is 2.59. The van der Waals surface area contributed by atoms with Crippen LogP contribution in [0.3, 0.4) is 0 Å². The molecule has 0 aromatic rings. The Bertz CT molecular complexity index is 253. The van der Waals surface area contributed by atoms with Crippen molar-refractivity contribution in [1.82, 2.24) is 9.80 Å². The van der Waals surface area contributed by atoms with E-state index < -0.39 is 0 Å². The summed E-state index contributed by atoms with van der Waals surface area (Å²) in [5.74, 6) is 1.99. The van der Waals surface area contributed by atoms with Crippen LogP contribution in [0.4, 0.5) is 0 Å². The van der Waals surface area contributed by atoms with Crippen LogP contribution in [-0.4, -0.2) is 48.6 Å². The summed E-state index contributed by atoms with van der Waals surface area (Å²) in [6.07, 6.45) is 8.70. The molecule has 0 N–H and O–H groups in total. The molecule has 3 rings (SSSR count). The van der Waals surface area contributed by atoms with Crippen molar-refractivity contribution in [1.29, 1.82) is 0 Å². The van der Waals surface area contributed by atoms with Crippen molar-refractivity contribution in [3.63, 3.8) is 0 Å². The van der Waals surface area contributed by atoms with Gasteiger partial charge in [-0.15, -0.1) is 0 Å². The summed E-state index contributed by atoms with van der Waals surface area (Å²) in [6.45, 7) is 9.26. The molecule has 2 nitrogen and oxygen atoms in total. The first-order valence-electron chi connectivity index (χ1n) is 7.83. The summed E-state index contributed by atoms with van der Waals surface area (Å²) in [5, 5.41) is 0. The van der Waals surface area contributed by atoms with E-state index in [4.69, 9.17) is 0 Å². The monoisotopic (exact) mass is 236 g/mol. The summed E-state index contributed by atoms with van der Waals surface area (Å²) < 4.78 is 0. The summed E-state index contributed by atoms with van der Waals surface area (Å²) in [5.41, 5.74) is 0. The van der Waals surface area contributed by atoms with Crippen molar-refractivity contribution in [2.45, 2.75) is 51.5 Å². The van der Waals surface area contributed by atoms with Gasteiger partial charge in [-0.05, 0) is 50.6 Å². The molecule has 0 amide bonds. The molecule has 0 aromatic carbocycles. The molecule has 17 heavy (non-hydrogen) atoms. The van der Waals surface area contributed by atoms with Crippen LogP contribution in [0.1, 0.15) is 45.4 Å². The standard InChI is InChI=1S/C15H28N2/c1-2-3-7-16-10-13-9-14(12-16)15-6-4-5-8-17(15)11-13/h13-15H,2-12H2,1H3/t13-,14+,15?/m0/s1. The van der Waals surface area contributed by atoms with Gasteiger partial charge in [-0.1, -0.05) is 19.8 Å². The number of rotatable bonds is 3. The highest BCUT2D eigenvalue weighted by atomic mass is 15.2. The molecule has 98 valence electrons. The Kier molecular flexibility index (Phi) is 3.72. The van der Waals surface area contributed by atoms with E-state index in [0.29, 0.717) is 0 Å². The van der Waals surface area contributed by atoms with Crippen LogP contribution >= 0.6 is 0 Å². The lowest BCUT2D eigenvalue weighted by Gasteiger charge is -2.52. The van der Waals surface area contributed by atoms with Crippen LogP contribution in [-0.2, 0) is 0 Å². The molecule has 2 bridgehead atoms. The molecule has 3 aliphatic rings. The molecule has 2 heteroatoms. The second-order valence-corrected chi connectivity index (χ2v) is 6.53. The number of fused-ring (bicyclic) bond motifs is 4. The highest BCUT2D eigenvalue weighted by Crippen LogP contribution is 2.37. The summed E-state index contributed by atoms with van der Waals surface area (Å²) >= 11 is 0. The van der Waals surface area contributed by atoms with Gasteiger partial charge < -0.3 is 4.90 Å². The van der Waals surface area contributed by atoms with Gasteiger partial charge in [0.25, 0.3) is 0 Å². The fourth-order valence-electron chi connectivity index (χ4n) is 4.43. The smallest absolute Gasteiger partial charge is 0.0136 e. The molecular formula is C15H28N2. The van der Waals surface area contributed by atoms with Crippen molar-refractivity contribution in [3.05, 3.63) is 0 Å². The van der Waals surface area contributed by atoms with Gasteiger partial charge >= 0.3 is 0 Å². The molecule has 0 radical (unpaired) electrons. The Balaban J connectivity index is 1.62. The second kappa shape index (κ2) is 5.27. The van der Waals surface area contributed by atoms with Gasteiger partial charge in [-0.2, -0.15) is 0 Å². The molecule has 0 spiro atoms. The molecule has 0 saturated carbocycles. The third-order valence-corrected chi connectivity index (χ3v) is 5.17. The third kappa shape index (κ3) is 2.53. The lowest BCUT2D eigenvalue weighted by atomic mass is 9.76. The first-order valence-corrected chi connectivity index (χ1v) is 7.83. The van der Waals surface area contributed by atoms with Crippen molar-refractivity contribution in [2.24, 2.45) is 11.8 Å². The van der Waals surface area contributed by atoms with Gasteiger partial charge in [0.05, 0.1) is 0 Å². The van der Waals surface area contributed by atoms with E-state index in [9.17, 15) is 0 Å². The zero-order chi connectivity index (χ0) is 11.7. The lowest BCUT2D eigenvalue weighted by molar-refractivity contribution is -0.0304. The van der Waals surface area contributed by atoms with Gasteiger partial charge in [-0.3, -0.25) is 4.90 Å². The van der Waals surface area contributed by atoms with E-state index in [-0.39, 0.29) is 0 Å². The lowest BCUT2D eigenvalue weighted by Crippen LogP contribution is -2.59. The highest BCUT2D eigenvalue weighted by Gasteiger charge is 2.41. The van der Waals surface area contributed by atoms with E-state index >= 15 is 0 Å². The minimum atomic E-state index is 0.949. The largest absolute Gasteiger partial charge is 0.303 e. The quantitative estimate of drug-likeness (QED) is 0.743. The predicted molar refractivity (Wildman–Crippen MR) is 72.2 cm³/mol. The minimum absolute atomic E-state index is 0.949. The first-order chi connectivity index (χ1) is 8.36. The highest BCUT2D eigenvalue weighted by molar-refractivity contribution is 4.95. The average Bonchev–Trinajstić information content (AvgIpc) is 2.36. The van der Waals surface area contributed by atoms with E-state index in [1.165, 1.54) is 71.2 Å². The van der Waals surface area contributed by atoms with E-state index in [1.54, 1.807) is 0 Å². The third-order valence-electron chi connectivity index (χ3n) is 5.17. The summed E-state index contributed by atoms with van der Waals surface area (Å²) in [7, 11) is 0. The molecule has 3 heterocycles.